The summed E-state index contributed by atoms with van der Waals surface area (Å²) in [7, 11) is 0. The summed E-state index contributed by atoms with van der Waals surface area (Å²) in [6.07, 6.45) is 5.58. The minimum Gasteiger partial charge on any atom is -0.345 e. The molecule has 1 fully saturated rings. The van der Waals surface area contributed by atoms with Crippen molar-refractivity contribution in [2.75, 3.05) is 5.32 Å². The molecule has 3 amide bonds. The minimum absolute atomic E-state index is 0.122. The van der Waals surface area contributed by atoms with Crippen molar-refractivity contribution >= 4 is 17.6 Å². The maximum absolute atomic E-state index is 12.7. The van der Waals surface area contributed by atoms with E-state index in [2.05, 4.69) is 16.0 Å². The van der Waals surface area contributed by atoms with Crippen LogP contribution in [0.2, 0.25) is 0 Å². The summed E-state index contributed by atoms with van der Waals surface area (Å²) >= 11 is 0. The molecule has 1 aliphatic carbocycles. The Balaban J connectivity index is 1.64. The molecule has 1 unspecified atom stereocenters. The Morgan fingerprint density at radius 1 is 0.926 bits per heavy atom. The Kier molecular flexibility index (Phi) is 6.47. The number of carbonyl (C=O) groups excluding carboxylic acids is 2. The summed E-state index contributed by atoms with van der Waals surface area (Å²) in [5.41, 5.74) is 2.01. The molecule has 2 aromatic carbocycles. The molecular formula is C22H27N3O2. The number of nitrogens with one attached hydrogen (secondary N) is 3. The van der Waals surface area contributed by atoms with Crippen LogP contribution in [0.1, 0.15) is 61.0 Å². The Morgan fingerprint density at radius 3 is 2.33 bits per heavy atom. The lowest BCUT2D eigenvalue weighted by atomic mass is 9.96. The van der Waals surface area contributed by atoms with E-state index in [1.165, 1.54) is 6.42 Å². The Morgan fingerprint density at radius 2 is 1.59 bits per heavy atom. The molecule has 0 spiro atoms. The summed E-state index contributed by atoms with van der Waals surface area (Å²) in [6.45, 7) is 1.94. The highest BCUT2D eigenvalue weighted by atomic mass is 16.2. The second kappa shape index (κ2) is 9.21. The van der Waals surface area contributed by atoms with Crippen LogP contribution >= 0.6 is 0 Å². The van der Waals surface area contributed by atoms with Gasteiger partial charge in [0.1, 0.15) is 0 Å². The SMILES string of the molecule is CC(NC(=O)c1ccccc1NC(=O)NC1CCCCC1)c1ccccc1. The first kappa shape index (κ1) is 19.0. The summed E-state index contributed by atoms with van der Waals surface area (Å²) in [5, 5.41) is 8.86. The van der Waals surface area contributed by atoms with E-state index in [0.717, 1.165) is 31.2 Å². The third-order valence-corrected chi connectivity index (χ3v) is 5.01. The van der Waals surface area contributed by atoms with E-state index in [0.29, 0.717) is 11.3 Å². The number of anilines is 1. The molecule has 142 valence electrons. The molecule has 3 N–H and O–H groups in total. The molecule has 0 aliphatic heterocycles. The van der Waals surface area contributed by atoms with Crippen molar-refractivity contribution in [3.05, 3.63) is 65.7 Å². The van der Waals surface area contributed by atoms with E-state index in [4.69, 9.17) is 0 Å². The Labute approximate surface area is 160 Å². The van der Waals surface area contributed by atoms with Crippen LogP contribution in [-0.4, -0.2) is 18.0 Å². The van der Waals surface area contributed by atoms with Gasteiger partial charge in [0, 0.05) is 6.04 Å². The molecule has 0 radical (unpaired) electrons. The second-order valence-electron chi connectivity index (χ2n) is 7.08. The zero-order chi connectivity index (χ0) is 19.1. The largest absolute Gasteiger partial charge is 0.345 e. The molecule has 0 saturated heterocycles. The minimum atomic E-state index is -0.252. The van der Waals surface area contributed by atoms with E-state index in [1.54, 1.807) is 18.2 Å². The van der Waals surface area contributed by atoms with Crippen molar-refractivity contribution in [3.8, 4) is 0 Å². The topological polar surface area (TPSA) is 70.2 Å². The van der Waals surface area contributed by atoms with Gasteiger partial charge in [0.05, 0.1) is 17.3 Å². The third-order valence-electron chi connectivity index (χ3n) is 5.01. The number of benzene rings is 2. The number of para-hydroxylation sites is 1. The standard InChI is InChI=1S/C22H27N3O2/c1-16(17-10-4-2-5-11-17)23-21(26)19-14-8-9-15-20(19)25-22(27)24-18-12-6-3-7-13-18/h2,4-5,8-11,14-16,18H,3,6-7,12-13H2,1H3,(H,23,26)(H2,24,25,27). The number of carbonyl (C=O) groups is 2. The predicted octanol–water partition coefficient (Wildman–Crippen LogP) is 4.63. The van der Waals surface area contributed by atoms with Crippen LogP contribution in [0.3, 0.4) is 0 Å². The molecule has 1 saturated carbocycles. The highest BCUT2D eigenvalue weighted by molar-refractivity contribution is 6.03. The van der Waals surface area contributed by atoms with E-state index in [1.807, 2.05) is 43.3 Å². The monoisotopic (exact) mass is 365 g/mol. The fourth-order valence-electron chi connectivity index (χ4n) is 3.48. The van der Waals surface area contributed by atoms with Crippen molar-refractivity contribution in [1.29, 1.82) is 0 Å². The van der Waals surface area contributed by atoms with Gasteiger partial charge >= 0.3 is 6.03 Å². The molecule has 3 rings (SSSR count). The zero-order valence-electron chi connectivity index (χ0n) is 15.7. The van der Waals surface area contributed by atoms with Crippen LogP contribution < -0.4 is 16.0 Å². The third kappa shape index (κ3) is 5.33. The smallest absolute Gasteiger partial charge is 0.319 e. The van der Waals surface area contributed by atoms with Gasteiger partial charge in [0.25, 0.3) is 5.91 Å². The molecule has 5 nitrogen and oxygen atoms in total. The normalized spacial score (nSPS) is 15.6. The molecule has 5 heteroatoms. The first-order chi connectivity index (χ1) is 13.1. The highest BCUT2D eigenvalue weighted by Gasteiger charge is 2.18. The van der Waals surface area contributed by atoms with Gasteiger partial charge < -0.3 is 16.0 Å². The lowest BCUT2D eigenvalue weighted by Crippen LogP contribution is -2.39. The first-order valence-electron chi connectivity index (χ1n) is 9.66. The van der Waals surface area contributed by atoms with Crippen LogP contribution in [0.25, 0.3) is 0 Å². The van der Waals surface area contributed by atoms with Crippen LogP contribution in [0.15, 0.2) is 54.6 Å². The highest BCUT2D eigenvalue weighted by Crippen LogP contribution is 2.20. The fourth-order valence-corrected chi connectivity index (χ4v) is 3.48. The number of urea groups is 1. The Bertz CT molecular complexity index is 770. The van der Waals surface area contributed by atoms with Gasteiger partial charge in [-0.15, -0.1) is 0 Å². The zero-order valence-corrected chi connectivity index (χ0v) is 15.7. The molecule has 0 heterocycles. The van der Waals surface area contributed by atoms with Crippen molar-refractivity contribution in [3.63, 3.8) is 0 Å². The molecule has 1 atom stereocenters. The molecule has 2 aromatic rings. The van der Waals surface area contributed by atoms with E-state index in [-0.39, 0.29) is 24.0 Å². The van der Waals surface area contributed by atoms with Crippen LogP contribution in [0, 0.1) is 0 Å². The number of hydrogen-bond acceptors (Lipinski definition) is 2. The quantitative estimate of drug-likeness (QED) is 0.723. The van der Waals surface area contributed by atoms with E-state index < -0.39 is 0 Å². The molecule has 0 aromatic heterocycles. The van der Waals surface area contributed by atoms with E-state index in [9.17, 15) is 9.59 Å². The van der Waals surface area contributed by atoms with Gasteiger partial charge in [-0.05, 0) is 37.5 Å². The van der Waals surface area contributed by atoms with Gasteiger partial charge in [-0.25, -0.2) is 4.79 Å². The van der Waals surface area contributed by atoms with Crippen molar-refractivity contribution < 1.29 is 9.59 Å². The number of amides is 3. The first-order valence-corrected chi connectivity index (χ1v) is 9.66. The predicted molar refractivity (Wildman–Crippen MR) is 108 cm³/mol. The average molecular weight is 365 g/mol. The van der Waals surface area contributed by atoms with Crippen molar-refractivity contribution in [2.24, 2.45) is 0 Å². The van der Waals surface area contributed by atoms with Crippen molar-refractivity contribution in [2.45, 2.75) is 51.1 Å². The lowest BCUT2D eigenvalue weighted by molar-refractivity contribution is 0.0941. The van der Waals surface area contributed by atoms with Gasteiger partial charge in [-0.2, -0.15) is 0 Å². The number of rotatable bonds is 5. The maximum atomic E-state index is 12.7. The van der Waals surface area contributed by atoms with Crippen LogP contribution in [0.5, 0.6) is 0 Å². The molecule has 27 heavy (non-hydrogen) atoms. The second-order valence-corrected chi connectivity index (χ2v) is 7.08. The summed E-state index contributed by atoms with van der Waals surface area (Å²) in [6, 6.07) is 16.7. The fraction of sp³-hybridized carbons (Fsp3) is 0.364. The van der Waals surface area contributed by atoms with Gasteiger partial charge in [0.2, 0.25) is 0 Å². The maximum Gasteiger partial charge on any atom is 0.319 e. The van der Waals surface area contributed by atoms with E-state index >= 15 is 0 Å². The summed E-state index contributed by atoms with van der Waals surface area (Å²) in [4.78, 5) is 25.1. The van der Waals surface area contributed by atoms with Gasteiger partial charge in [-0.1, -0.05) is 61.7 Å². The average Bonchev–Trinajstić information content (AvgIpc) is 2.69. The molecule has 1 aliphatic rings. The van der Waals surface area contributed by atoms with Crippen LogP contribution in [0.4, 0.5) is 10.5 Å². The Hall–Kier alpha value is -2.82. The lowest BCUT2D eigenvalue weighted by Gasteiger charge is -2.23. The van der Waals surface area contributed by atoms with Crippen molar-refractivity contribution in [1.82, 2.24) is 10.6 Å². The van der Waals surface area contributed by atoms with Gasteiger partial charge in [-0.3, -0.25) is 4.79 Å². The molecule has 0 bridgehead atoms. The number of hydrogen-bond donors (Lipinski definition) is 3. The summed E-state index contributed by atoms with van der Waals surface area (Å²) < 4.78 is 0. The molecular weight excluding hydrogens is 338 g/mol. The summed E-state index contributed by atoms with van der Waals surface area (Å²) in [5.74, 6) is -0.208. The van der Waals surface area contributed by atoms with Gasteiger partial charge in [0.15, 0.2) is 0 Å². The van der Waals surface area contributed by atoms with Crippen LogP contribution in [-0.2, 0) is 0 Å².